The number of nitrogens with one attached hydrogen (secondary N) is 1. The molecule has 0 saturated carbocycles. The van der Waals surface area contributed by atoms with Crippen LogP contribution in [0, 0.1) is 20.8 Å². The summed E-state index contributed by atoms with van der Waals surface area (Å²) in [6, 6.07) is 21.3. The minimum Gasteiger partial charge on any atom is -0.325 e. The molecule has 156 valence electrons. The SMILES string of the molecule is Cc1ccc(C2=Nc3ccccc3N(CC(=O)Nc3cc(C)cc(C)c3)C(=O)C2)cc1. The molecule has 1 aliphatic heterocycles. The van der Waals surface area contributed by atoms with Gasteiger partial charge >= 0.3 is 0 Å². The number of amides is 2. The molecule has 31 heavy (non-hydrogen) atoms. The van der Waals surface area contributed by atoms with Gasteiger partial charge in [-0.1, -0.05) is 48.0 Å². The van der Waals surface area contributed by atoms with E-state index < -0.39 is 0 Å². The van der Waals surface area contributed by atoms with Crippen molar-refractivity contribution >= 4 is 34.6 Å². The highest BCUT2D eigenvalue weighted by Gasteiger charge is 2.26. The van der Waals surface area contributed by atoms with Crippen LogP contribution in [-0.2, 0) is 9.59 Å². The highest BCUT2D eigenvalue weighted by molar-refractivity contribution is 6.19. The lowest BCUT2D eigenvalue weighted by Gasteiger charge is -2.22. The molecule has 3 aromatic rings. The Morgan fingerprint density at radius 2 is 1.61 bits per heavy atom. The number of hydrogen-bond donors (Lipinski definition) is 1. The number of aliphatic imine (C=N–C) groups is 1. The lowest BCUT2D eigenvalue weighted by Crippen LogP contribution is -2.38. The molecule has 0 atom stereocenters. The molecule has 0 spiro atoms. The van der Waals surface area contributed by atoms with Crippen LogP contribution in [0.15, 0.2) is 71.7 Å². The van der Waals surface area contributed by atoms with E-state index in [-0.39, 0.29) is 24.8 Å². The van der Waals surface area contributed by atoms with E-state index in [0.29, 0.717) is 17.1 Å². The van der Waals surface area contributed by atoms with Gasteiger partial charge in [0.2, 0.25) is 11.8 Å². The third-order valence-corrected chi connectivity index (χ3v) is 5.24. The molecule has 3 aromatic carbocycles. The Labute approximate surface area is 182 Å². The molecule has 0 aliphatic carbocycles. The predicted molar refractivity (Wildman–Crippen MR) is 125 cm³/mol. The maximum Gasteiger partial charge on any atom is 0.244 e. The van der Waals surface area contributed by atoms with Gasteiger partial charge in [-0.2, -0.15) is 0 Å². The number of rotatable bonds is 4. The Hall–Kier alpha value is -3.73. The molecule has 4 rings (SSSR count). The van der Waals surface area contributed by atoms with Crippen molar-refractivity contribution in [2.45, 2.75) is 27.2 Å². The lowest BCUT2D eigenvalue weighted by atomic mass is 10.1. The van der Waals surface area contributed by atoms with Gasteiger partial charge in [-0.05, 0) is 61.7 Å². The number of carbonyl (C=O) groups is 2. The van der Waals surface area contributed by atoms with E-state index in [1.807, 2.05) is 87.5 Å². The van der Waals surface area contributed by atoms with Crippen LogP contribution in [-0.4, -0.2) is 24.1 Å². The standard InChI is InChI=1S/C26H25N3O2/c1-17-8-10-20(11-9-17)23-15-26(31)29(24-7-5-4-6-22(24)28-23)16-25(30)27-21-13-18(2)12-19(3)14-21/h4-14H,15-16H2,1-3H3,(H,27,30). The fourth-order valence-electron chi connectivity index (χ4n) is 3.82. The first kappa shape index (κ1) is 20.5. The summed E-state index contributed by atoms with van der Waals surface area (Å²) in [4.78, 5) is 32.3. The topological polar surface area (TPSA) is 61.8 Å². The van der Waals surface area contributed by atoms with Crippen LogP contribution in [0.4, 0.5) is 17.1 Å². The van der Waals surface area contributed by atoms with Crippen molar-refractivity contribution in [1.29, 1.82) is 0 Å². The third kappa shape index (κ3) is 4.72. The number of hydrogen-bond acceptors (Lipinski definition) is 3. The first-order chi connectivity index (χ1) is 14.9. The molecule has 0 bridgehead atoms. The maximum atomic E-state index is 13.2. The minimum absolute atomic E-state index is 0.0699. The molecule has 0 radical (unpaired) electrons. The molecule has 0 saturated heterocycles. The average molecular weight is 412 g/mol. The van der Waals surface area contributed by atoms with Crippen molar-refractivity contribution in [3.05, 3.63) is 89.0 Å². The number of anilines is 2. The number of aryl methyl sites for hydroxylation is 3. The van der Waals surface area contributed by atoms with E-state index in [0.717, 1.165) is 27.9 Å². The predicted octanol–water partition coefficient (Wildman–Crippen LogP) is 5.11. The molecule has 0 fully saturated rings. The van der Waals surface area contributed by atoms with Crippen LogP contribution in [0.25, 0.3) is 0 Å². The van der Waals surface area contributed by atoms with Crippen molar-refractivity contribution in [2.24, 2.45) is 4.99 Å². The first-order valence-corrected chi connectivity index (χ1v) is 10.3. The molecular weight excluding hydrogens is 386 g/mol. The molecule has 1 heterocycles. The molecule has 5 nitrogen and oxygen atoms in total. The van der Waals surface area contributed by atoms with Gasteiger partial charge in [0.05, 0.1) is 23.5 Å². The van der Waals surface area contributed by atoms with Gasteiger partial charge in [0.1, 0.15) is 6.54 Å². The molecule has 1 aliphatic rings. The van der Waals surface area contributed by atoms with E-state index in [4.69, 9.17) is 4.99 Å². The zero-order valence-electron chi connectivity index (χ0n) is 18.0. The van der Waals surface area contributed by atoms with Crippen LogP contribution in [0.2, 0.25) is 0 Å². The monoisotopic (exact) mass is 411 g/mol. The summed E-state index contributed by atoms with van der Waals surface area (Å²) in [7, 11) is 0. The van der Waals surface area contributed by atoms with Crippen LogP contribution >= 0.6 is 0 Å². The van der Waals surface area contributed by atoms with Crippen molar-refractivity contribution in [1.82, 2.24) is 0 Å². The second-order valence-electron chi connectivity index (χ2n) is 7.99. The normalized spacial score (nSPS) is 13.3. The number of fused-ring (bicyclic) bond motifs is 1. The van der Waals surface area contributed by atoms with Crippen LogP contribution in [0.1, 0.15) is 28.7 Å². The summed E-state index contributed by atoms with van der Waals surface area (Å²) in [6.07, 6.45) is 0.134. The summed E-state index contributed by atoms with van der Waals surface area (Å²) < 4.78 is 0. The zero-order valence-corrected chi connectivity index (χ0v) is 18.0. The van der Waals surface area contributed by atoms with E-state index in [9.17, 15) is 9.59 Å². The van der Waals surface area contributed by atoms with Gasteiger partial charge < -0.3 is 10.2 Å². The Morgan fingerprint density at radius 3 is 2.32 bits per heavy atom. The fraction of sp³-hybridized carbons (Fsp3) is 0.192. The van der Waals surface area contributed by atoms with Crippen molar-refractivity contribution < 1.29 is 9.59 Å². The van der Waals surface area contributed by atoms with Crippen molar-refractivity contribution in [3.63, 3.8) is 0 Å². The molecule has 2 amide bonds. The Bertz CT molecular complexity index is 1160. The second kappa shape index (κ2) is 8.56. The Balaban J connectivity index is 1.60. The van der Waals surface area contributed by atoms with Gasteiger partial charge in [0.25, 0.3) is 0 Å². The zero-order chi connectivity index (χ0) is 22.0. The average Bonchev–Trinajstić information content (AvgIpc) is 2.84. The van der Waals surface area contributed by atoms with Crippen molar-refractivity contribution in [3.8, 4) is 0 Å². The van der Waals surface area contributed by atoms with Gasteiger partial charge in [-0.3, -0.25) is 14.6 Å². The number of benzene rings is 3. The summed E-state index contributed by atoms with van der Waals surface area (Å²) >= 11 is 0. The van der Waals surface area contributed by atoms with Gasteiger partial charge in [-0.15, -0.1) is 0 Å². The summed E-state index contributed by atoms with van der Waals surface area (Å²) in [5.41, 5.74) is 6.97. The lowest BCUT2D eigenvalue weighted by molar-refractivity contribution is -0.120. The molecular formula is C26H25N3O2. The number of para-hydroxylation sites is 2. The number of carbonyl (C=O) groups excluding carboxylic acids is 2. The fourth-order valence-corrected chi connectivity index (χ4v) is 3.82. The molecule has 0 unspecified atom stereocenters. The van der Waals surface area contributed by atoms with Crippen LogP contribution < -0.4 is 10.2 Å². The summed E-state index contributed by atoms with van der Waals surface area (Å²) in [5, 5.41) is 2.92. The van der Waals surface area contributed by atoms with Crippen LogP contribution in [0.3, 0.4) is 0 Å². The van der Waals surface area contributed by atoms with Crippen LogP contribution in [0.5, 0.6) is 0 Å². The Morgan fingerprint density at radius 1 is 0.935 bits per heavy atom. The smallest absolute Gasteiger partial charge is 0.244 e. The summed E-state index contributed by atoms with van der Waals surface area (Å²) in [5.74, 6) is -0.396. The quantitative estimate of drug-likeness (QED) is 0.649. The van der Waals surface area contributed by atoms with Gasteiger partial charge in [-0.25, -0.2) is 0 Å². The van der Waals surface area contributed by atoms with Gasteiger partial charge in [0.15, 0.2) is 0 Å². The van der Waals surface area contributed by atoms with Gasteiger partial charge in [0, 0.05) is 5.69 Å². The largest absolute Gasteiger partial charge is 0.325 e. The molecule has 0 aromatic heterocycles. The summed E-state index contributed by atoms with van der Waals surface area (Å²) in [6.45, 7) is 5.93. The molecule has 5 heteroatoms. The maximum absolute atomic E-state index is 13.2. The third-order valence-electron chi connectivity index (χ3n) is 5.24. The highest BCUT2D eigenvalue weighted by Crippen LogP contribution is 2.33. The number of nitrogens with zero attached hydrogens (tertiary/aromatic N) is 2. The van der Waals surface area contributed by atoms with Crippen molar-refractivity contribution in [2.75, 3.05) is 16.8 Å². The van der Waals surface area contributed by atoms with E-state index in [1.165, 1.54) is 4.90 Å². The van der Waals surface area contributed by atoms with E-state index in [1.54, 1.807) is 0 Å². The minimum atomic E-state index is -0.244. The molecule has 1 N–H and O–H groups in total. The van der Waals surface area contributed by atoms with E-state index >= 15 is 0 Å². The Kier molecular flexibility index (Phi) is 5.67. The second-order valence-corrected chi connectivity index (χ2v) is 7.99. The van der Waals surface area contributed by atoms with E-state index in [2.05, 4.69) is 5.32 Å². The first-order valence-electron chi connectivity index (χ1n) is 10.3. The highest BCUT2D eigenvalue weighted by atomic mass is 16.2.